The number of aromatic nitrogens is 10. The highest BCUT2D eigenvalue weighted by atomic mass is 16.5. The Kier molecular flexibility index (Phi) is 22.3. The topological polar surface area (TPSA) is 405 Å². The van der Waals surface area contributed by atoms with E-state index in [1.807, 2.05) is 201 Å². The Morgan fingerprint density at radius 2 is 0.936 bits per heavy atom. The molecule has 21 nitrogen and oxygen atoms in total. The summed E-state index contributed by atoms with van der Waals surface area (Å²) >= 11 is 0. The van der Waals surface area contributed by atoms with Crippen LogP contribution in [-0.4, -0.2) is 50.2 Å². The van der Waals surface area contributed by atoms with Crippen LogP contribution in [0.15, 0.2) is 205 Å². The number of aryl methyl sites for hydroxylation is 8. The van der Waals surface area contributed by atoms with Gasteiger partial charge in [-0.15, -0.1) is 0 Å². The first kappa shape index (κ1) is 67.3. The average molecular weight is 1250 g/mol. The predicted octanol–water partition coefficient (Wildman–Crippen LogP) is 13.4. The van der Waals surface area contributed by atoms with Crippen LogP contribution in [0.5, 0.6) is 0 Å². The second-order valence-corrected chi connectivity index (χ2v) is 22.2. The van der Waals surface area contributed by atoms with E-state index in [1.165, 1.54) is 45.9 Å². The van der Waals surface area contributed by atoms with Gasteiger partial charge in [0, 0.05) is 56.6 Å². The van der Waals surface area contributed by atoms with Crippen LogP contribution in [0.1, 0.15) is 50.2 Å². The molecule has 0 bridgehead atoms. The fraction of sp³-hybridized carbons (Fsp3) is 0.110. The molecule has 0 saturated carbocycles. The molecule has 8 aromatic heterocycles. The summed E-state index contributed by atoms with van der Waals surface area (Å²) in [4.78, 5) is 28.5. The molecule has 0 radical (unpaired) electrons. The number of hydrogen-bond acceptors (Lipinski definition) is 20. The molecule has 0 amide bonds. The van der Waals surface area contributed by atoms with Crippen LogP contribution in [0.25, 0.3) is 81.8 Å². The molecule has 8 heterocycles. The third-order valence-electron chi connectivity index (χ3n) is 14.4. The molecule has 0 aliphatic heterocycles. The van der Waals surface area contributed by atoms with Crippen molar-refractivity contribution < 1.29 is 4.52 Å². The summed E-state index contributed by atoms with van der Waals surface area (Å²) in [5.41, 5.74) is 71.3. The molecule has 0 aliphatic rings. The van der Waals surface area contributed by atoms with Crippen molar-refractivity contribution in [2.75, 3.05) is 45.9 Å². The molecular formula is C73H78N20O. The highest BCUT2D eigenvalue weighted by Crippen LogP contribution is 2.25. The first-order chi connectivity index (χ1) is 45.0. The van der Waals surface area contributed by atoms with E-state index in [-0.39, 0.29) is 0 Å². The summed E-state index contributed by atoms with van der Waals surface area (Å²) < 4.78 is 4.93. The Balaban J connectivity index is 0.000000138. The lowest BCUT2D eigenvalue weighted by atomic mass is 10.1. The smallest absolute Gasteiger partial charge is 0.174 e. The van der Waals surface area contributed by atoms with Crippen LogP contribution < -0.4 is 57.3 Å². The van der Waals surface area contributed by atoms with Gasteiger partial charge in [0.15, 0.2) is 17.2 Å². The number of hydrogen-bond donors (Lipinski definition) is 11. The predicted molar refractivity (Wildman–Crippen MR) is 390 cm³/mol. The van der Waals surface area contributed by atoms with Crippen molar-refractivity contribution in [3.63, 3.8) is 0 Å². The fourth-order valence-corrected chi connectivity index (χ4v) is 9.40. The normalized spacial score (nSPS) is 10.6. The maximum absolute atomic E-state index is 5.72. The number of anilines is 8. The molecule has 94 heavy (non-hydrogen) atoms. The summed E-state index contributed by atoms with van der Waals surface area (Å²) in [6.45, 7) is 16.2. The van der Waals surface area contributed by atoms with Gasteiger partial charge in [-0.25, -0.2) is 29.9 Å². The van der Waals surface area contributed by atoms with Gasteiger partial charge in [0.2, 0.25) is 0 Å². The van der Waals surface area contributed by atoms with E-state index in [4.69, 9.17) is 61.9 Å². The van der Waals surface area contributed by atoms with Crippen LogP contribution >= 0.6 is 0 Å². The Labute approximate surface area is 544 Å². The minimum absolute atomic E-state index is 0.462. The summed E-state index contributed by atoms with van der Waals surface area (Å²) in [6.07, 6.45) is 6.29. The van der Waals surface area contributed by atoms with Crippen molar-refractivity contribution in [3.05, 3.63) is 251 Å². The van der Waals surface area contributed by atoms with Gasteiger partial charge < -0.3 is 61.9 Å². The van der Waals surface area contributed by atoms with E-state index in [0.29, 0.717) is 52.2 Å². The van der Waals surface area contributed by atoms with Crippen LogP contribution in [-0.2, 0) is 0 Å². The van der Waals surface area contributed by atoms with Crippen LogP contribution in [0.4, 0.5) is 46.5 Å². The molecule has 21 heteroatoms. The van der Waals surface area contributed by atoms with Crippen molar-refractivity contribution in [3.8, 4) is 0 Å². The molecule has 0 fully saturated rings. The minimum atomic E-state index is 0.462. The summed E-state index contributed by atoms with van der Waals surface area (Å²) in [5.74, 6) is 4.27. The Hall–Kier alpha value is -12.7. The second kappa shape index (κ2) is 31.2. The molecular weight excluding hydrogens is 1170 g/mol. The lowest BCUT2D eigenvalue weighted by Gasteiger charge is -2.03. The van der Waals surface area contributed by atoms with Crippen LogP contribution in [0.2, 0.25) is 0 Å². The molecule has 0 spiro atoms. The average Bonchev–Trinajstić information content (AvgIpc) is 1.96. The van der Waals surface area contributed by atoms with Crippen molar-refractivity contribution in [1.82, 2.24) is 50.2 Å². The van der Waals surface area contributed by atoms with Gasteiger partial charge in [0.1, 0.15) is 41.2 Å². The molecule has 15 rings (SSSR count). The van der Waals surface area contributed by atoms with Crippen molar-refractivity contribution in [2.24, 2.45) is 11.5 Å². The lowest BCUT2D eigenvalue weighted by Crippen LogP contribution is -1.98. The number of pyridine rings is 5. The molecule has 15 aromatic rings. The molecule has 0 atom stereocenters. The Morgan fingerprint density at radius 1 is 0.372 bits per heavy atom. The minimum Gasteiger partial charge on any atom is -0.403 e. The first-order valence-corrected chi connectivity index (χ1v) is 29.7. The number of nitrogens with one attached hydrogen (secondary N) is 1. The molecule has 7 aromatic carbocycles. The molecule has 21 N–H and O–H groups in total. The zero-order chi connectivity index (χ0) is 67.6. The van der Waals surface area contributed by atoms with Gasteiger partial charge in [0.05, 0.1) is 33.2 Å². The highest BCUT2D eigenvalue weighted by Gasteiger charge is 2.06. The molecule has 0 unspecified atom stereocenters. The van der Waals surface area contributed by atoms with Gasteiger partial charge >= 0.3 is 0 Å². The quantitative estimate of drug-likeness (QED) is 0.0727. The van der Waals surface area contributed by atoms with Gasteiger partial charge in [-0.2, -0.15) is 5.10 Å². The first-order valence-electron chi connectivity index (χ1n) is 29.7. The van der Waals surface area contributed by atoms with E-state index in [9.17, 15) is 0 Å². The third kappa shape index (κ3) is 18.3. The van der Waals surface area contributed by atoms with Crippen molar-refractivity contribution in [1.29, 1.82) is 0 Å². The van der Waals surface area contributed by atoms with E-state index in [2.05, 4.69) is 80.6 Å². The van der Waals surface area contributed by atoms with Crippen LogP contribution in [0, 0.1) is 55.4 Å². The van der Waals surface area contributed by atoms with Crippen molar-refractivity contribution in [2.45, 2.75) is 55.4 Å². The summed E-state index contributed by atoms with van der Waals surface area (Å²) in [5, 5.41) is 19.4. The zero-order valence-corrected chi connectivity index (χ0v) is 53.8. The number of aromatic amines is 1. The van der Waals surface area contributed by atoms with E-state index in [0.717, 1.165) is 92.9 Å². The van der Waals surface area contributed by atoms with Gasteiger partial charge in [-0.1, -0.05) is 123 Å². The highest BCUT2D eigenvalue weighted by molar-refractivity contribution is 5.94. The number of nitrogen functional groups attached to an aromatic ring is 8. The number of H-pyrrole nitrogens is 1. The summed E-state index contributed by atoms with van der Waals surface area (Å²) in [6, 6.07) is 57.4. The van der Waals surface area contributed by atoms with Crippen LogP contribution in [0.3, 0.4) is 0 Å². The SMILES string of the molecule is Cc1ccc(/C(N)=C\N)cc1.Cc1ccc2[nH]nc(N)c2c1.Cc1ccc2c(N)nc(N)cc2c1.Cc1ccc2c(N)nccc2n1.Cc1ccc2ccc(N)nc2c1.Cc1ccc2ccnc(N)c2c1.Cc1ccc2ncnc(N)c2c1.Cc1ccc2onc(N)c2c1. The van der Waals surface area contributed by atoms with E-state index < -0.39 is 0 Å². The number of rotatable bonds is 1. The molecule has 0 saturated heterocycles. The van der Waals surface area contributed by atoms with Gasteiger partial charge in [-0.3, -0.25) is 10.1 Å². The maximum Gasteiger partial charge on any atom is 0.174 e. The van der Waals surface area contributed by atoms with Crippen molar-refractivity contribution >= 4 is 128 Å². The lowest BCUT2D eigenvalue weighted by molar-refractivity contribution is 0.460. The standard InChI is InChI=1S/C10H11N3.2C10H10N2.2C9H9N3.C9H12N2.C8H9N3.C8H8N2O/c1-6-2-3-8-7(4-6)5-9(11)13-10(8)12;1-7-2-3-8-4-5-12-10(11)9(8)6-7;1-7-2-3-8-4-5-10(11)12-9(8)6-7;1-6-2-3-8-7(4-6)9(10)12-5-11-8;1-6-2-3-7-8(12-6)4-5-11-9(7)10;1-7-2-4-8(5-3-7)9(11)6-10;1-5-2-3-7-6(4-5)8(9)11-10-7;1-5-2-3-7-6(4-5)8(9)10-11-7/h2-5H,1H3,(H4,11,12,13);2*2-6H,1H3,(H2,11,12);2-5H,1H3,(H2,10,11,12);2-5H,1H3,(H2,10,11);2-6H,10-11H2,1H3;2-4H,1H3,(H3,9,10,11);2-4H,1H3,(H2,9,10)/b;;;;;9-6+;;. The van der Waals surface area contributed by atoms with Gasteiger partial charge in [0.25, 0.3) is 0 Å². The number of benzene rings is 7. The molecule has 0 aliphatic carbocycles. The Morgan fingerprint density at radius 3 is 1.66 bits per heavy atom. The van der Waals surface area contributed by atoms with E-state index >= 15 is 0 Å². The van der Waals surface area contributed by atoms with Gasteiger partial charge in [-0.05, 0) is 168 Å². The molecule has 476 valence electrons. The number of nitrogens with zero attached hydrogens (tertiary/aromatic N) is 9. The fourth-order valence-electron chi connectivity index (χ4n) is 9.40. The zero-order valence-electron chi connectivity index (χ0n) is 53.8. The largest absolute Gasteiger partial charge is 0.403 e. The maximum atomic E-state index is 5.72. The monoisotopic (exact) mass is 1250 g/mol. The third-order valence-corrected chi connectivity index (χ3v) is 14.4. The number of fused-ring (bicyclic) bond motifs is 7. The summed E-state index contributed by atoms with van der Waals surface area (Å²) in [7, 11) is 0. The second-order valence-electron chi connectivity index (χ2n) is 22.2. The number of nitrogens with two attached hydrogens (primary N) is 10. The van der Waals surface area contributed by atoms with E-state index in [1.54, 1.807) is 12.4 Å². The Bertz CT molecular complexity index is 4890.